The van der Waals surface area contributed by atoms with E-state index in [0.29, 0.717) is 31.6 Å². The number of urea groups is 1. The van der Waals surface area contributed by atoms with E-state index in [1.54, 1.807) is 18.2 Å². The lowest BCUT2D eigenvalue weighted by atomic mass is 9.76. The average Bonchev–Trinajstić information content (AvgIpc) is 3.09. The monoisotopic (exact) mass is 618 g/mol. The van der Waals surface area contributed by atoms with Gasteiger partial charge >= 0.3 is 6.03 Å². The van der Waals surface area contributed by atoms with Crippen LogP contribution in [0.25, 0.3) is 0 Å². The summed E-state index contributed by atoms with van der Waals surface area (Å²) in [5, 5.41) is 21.0. The standard InChI is InChI=1S/C36H38N6O4/c1-40(22-26-9-14-33(39-38-26)42-20-17-34(44)37-36(42)45)27-15-18-41(19-16-27)28-10-7-25(8-11-28)35-30-13-12-29(43)21-32(30)46-23-31(35)24-5-3-2-4-6-24/h2-14,21,27,31,35,43H,15-20,22-23H2,1H3,(H,37,44,45). The molecule has 0 spiro atoms. The van der Waals surface area contributed by atoms with Gasteiger partial charge in [-0.15, -0.1) is 5.10 Å². The van der Waals surface area contributed by atoms with Gasteiger partial charge in [-0.25, -0.2) is 4.79 Å². The quantitative estimate of drug-likeness (QED) is 0.297. The Kier molecular flexibility index (Phi) is 8.28. The maximum Gasteiger partial charge on any atom is 0.329 e. The van der Waals surface area contributed by atoms with Crippen LogP contribution in [0.2, 0.25) is 0 Å². The van der Waals surface area contributed by atoms with Crippen molar-refractivity contribution in [2.45, 2.75) is 43.7 Å². The highest BCUT2D eigenvalue weighted by molar-refractivity contribution is 6.05. The van der Waals surface area contributed by atoms with E-state index in [-0.39, 0.29) is 29.9 Å². The van der Waals surface area contributed by atoms with Crippen LogP contribution in [-0.2, 0) is 11.3 Å². The second-order valence-corrected chi connectivity index (χ2v) is 12.4. The molecule has 0 radical (unpaired) electrons. The lowest BCUT2D eigenvalue weighted by Crippen LogP contribution is -2.50. The summed E-state index contributed by atoms with van der Waals surface area (Å²) >= 11 is 0. The fourth-order valence-corrected chi connectivity index (χ4v) is 7.00. The van der Waals surface area contributed by atoms with Crippen molar-refractivity contribution in [2.24, 2.45) is 0 Å². The molecule has 2 atom stereocenters. The summed E-state index contributed by atoms with van der Waals surface area (Å²) < 4.78 is 6.14. The molecule has 4 aromatic rings. The predicted molar refractivity (Wildman–Crippen MR) is 175 cm³/mol. The zero-order valence-corrected chi connectivity index (χ0v) is 25.9. The van der Waals surface area contributed by atoms with Gasteiger partial charge in [0.1, 0.15) is 11.5 Å². The molecule has 236 valence electrons. The highest BCUT2D eigenvalue weighted by atomic mass is 16.5. The van der Waals surface area contributed by atoms with Gasteiger partial charge in [0.2, 0.25) is 5.91 Å². The van der Waals surface area contributed by atoms with E-state index in [4.69, 9.17) is 4.74 Å². The van der Waals surface area contributed by atoms with Crippen molar-refractivity contribution in [2.75, 3.05) is 43.1 Å². The molecular formula is C36H38N6O4. The highest BCUT2D eigenvalue weighted by Crippen LogP contribution is 2.47. The number of phenols is 1. The summed E-state index contributed by atoms with van der Waals surface area (Å²) in [4.78, 5) is 29.8. The van der Waals surface area contributed by atoms with E-state index in [0.717, 1.165) is 42.9 Å². The number of phenolic OH excluding ortho intramolecular Hbond substituents is 1. The summed E-state index contributed by atoms with van der Waals surface area (Å²) in [5.74, 6) is 1.45. The van der Waals surface area contributed by atoms with Crippen molar-refractivity contribution in [3.8, 4) is 11.5 Å². The van der Waals surface area contributed by atoms with Gasteiger partial charge in [-0.1, -0.05) is 48.5 Å². The summed E-state index contributed by atoms with van der Waals surface area (Å²) in [7, 11) is 2.13. The molecule has 2 saturated heterocycles. The summed E-state index contributed by atoms with van der Waals surface area (Å²) in [6, 6.07) is 28.7. The smallest absolute Gasteiger partial charge is 0.329 e. The fourth-order valence-electron chi connectivity index (χ4n) is 7.00. The number of anilines is 2. The molecule has 1 aromatic heterocycles. The minimum atomic E-state index is -0.455. The minimum absolute atomic E-state index is 0.124. The Morgan fingerprint density at radius 3 is 2.41 bits per heavy atom. The molecule has 46 heavy (non-hydrogen) atoms. The zero-order chi connectivity index (χ0) is 31.6. The normalized spacial score (nSPS) is 20.3. The van der Waals surface area contributed by atoms with Gasteiger partial charge < -0.3 is 14.7 Å². The molecular weight excluding hydrogens is 580 g/mol. The maximum absolute atomic E-state index is 12.1. The van der Waals surface area contributed by atoms with E-state index >= 15 is 0 Å². The zero-order valence-electron chi connectivity index (χ0n) is 25.9. The van der Waals surface area contributed by atoms with Crippen molar-refractivity contribution in [3.63, 3.8) is 0 Å². The van der Waals surface area contributed by atoms with Gasteiger partial charge in [-0.2, -0.15) is 5.10 Å². The third-order valence-corrected chi connectivity index (χ3v) is 9.53. The number of hydrogen-bond donors (Lipinski definition) is 2. The van der Waals surface area contributed by atoms with Crippen molar-refractivity contribution in [3.05, 3.63) is 107 Å². The average molecular weight is 619 g/mol. The fraction of sp³-hybridized carbons (Fsp3) is 0.333. The highest BCUT2D eigenvalue weighted by Gasteiger charge is 2.34. The van der Waals surface area contributed by atoms with Crippen LogP contribution in [0.4, 0.5) is 16.3 Å². The van der Waals surface area contributed by atoms with E-state index in [2.05, 4.69) is 80.9 Å². The molecule has 2 N–H and O–H groups in total. The molecule has 3 aliphatic rings. The van der Waals surface area contributed by atoms with Gasteiger partial charge in [0.25, 0.3) is 0 Å². The number of benzene rings is 3. The number of hydrogen-bond acceptors (Lipinski definition) is 8. The number of piperidine rings is 1. The Labute approximate surface area is 268 Å². The molecule has 2 fully saturated rings. The van der Waals surface area contributed by atoms with Gasteiger partial charge in [-0.05, 0) is 61.3 Å². The van der Waals surface area contributed by atoms with Crippen molar-refractivity contribution >= 4 is 23.4 Å². The van der Waals surface area contributed by atoms with Crippen molar-refractivity contribution in [1.82, 2.24) is 20.4 Å². The molecule has 10 heteroatoms. The summed E-state index contributed by atoms with van der Waals surface area (Å²) in [6.07, 6.45) is 2.34. The van der Waals surface area contributed by atoms with Gasteiger partial charge in [0.15, 0.2) is 5.82 Å². The van der Waals surface area contributed by atoms with Crippen LogP contribution in [0, 0.1) is 0 Å². The molecule has 10 nitrogen and oxygen atoms in total. The summed E-state index contributed by atoms with van der Waals surface area (Å²) in [5.41, 5.74) is 5.65. The molecule has 3 amide bonds. The Morgan fingerprint density at radius 1 is 0.913 bits per heavy atom. The number of fused-ring (bicyclic) bond motifs is 1. The number of imide groups is 1. The molecule has 0 saturated carbocycles. The first-order chi connectivity index (χ1) is 22.4. The first-order valence-corrected chi connectivity index (χ1v) is 15.9. The molecule has 2 unspecified atom stereocenters. The number of aromatic hydroxyl groups is 1. The van der Waals surface area contributed by atoms with Crippen molar-refractivity contribution < 1.29 is 19.4 Å². The van der Waals surface area contributed by atoms with Crippen LogP contribution in [0.15, 0.2) is 84.9 Å². The first-order valence-electron chi connectivity index (χ1n) is 15.9. The van der Waals surface area contributed by atoms with Crippen LogP contribution in [-0.4, -0.2) is 71.5 Å². The van der Waals surface area contributed by atoms with E-state index in [1.165, 1.54) is 21.7 Å². The predicted octanol–water partition coefficient (Wildman–Crippen LogP) is 5.04. The minimum Gasteiger partial charge on any atom is -0.508 e. The number of nitrogens with zero attached hydrogens (tertiary/aromatic N) is 5. The molecule has 4 heterocycles. The molecule has 7 rings (SSSR count). The molecule has 0 aliphatic carbocycles. The summed E-state index contributed by atoms with van der Waals surface area (Å²) in [6.45, 7) is 3.47. The Bertz CT molecular complexity index is 1690. The van der Waals surface area contributed by atoms with Crippen LogP contribution < -0.4 is 19.9 Å². The van der Waals surface area contributed by atoms with E-state index in [1.807, 2.05) is 18.2 Å². The van der Waals surface area contributed by atoms with Crippen LogP contribution >= 0.6 is 0 Å². The number of carbonyl (C=O) groups excluding carboxylic acids is 2. The van der Waals surface area contributed by atoms with Crippen LogP contribution in [0.3, 0.4) is 0 Å². The Balaban J connectivity index is 0.984. The van der Waals surface area contributed by atoms with Crippen molar-refractivity contribution in [1.29, 1.82) is 0 Å². The topological polar surface area (TPSA) is 111 Å². The Morgan fingerprint density at radius 2 is 1.70 bits per heavy atom. The van der Waals surface area contributed by atoms with Crippen LogP contribution in [0.1, 0.15) is 53.5 Å². The molecule has 0 bridgehead atoms. The first kappa shape index (κ1) is 29.7. The molecule has 3 aromatic carbocycles. The third kappa shape index (κ3) is 6.12. The lowest BCUT2D eigenvalue weighted by Gasteiger charge is -2.38. The third-order valence-electron chi connectivity index (χ3n) is 9.53. The maximum atomic E-state index is 12.1. The van der Waals surface area contributed by atoms with Gasteiger partial charge in [0.05, 0.1) is 12.3 Å². The van der Waals surface area contributed by atoms with E-state index < -0.39 is 6.03 Å². The number of nitrogens with one attached hydrogen (secondary N) is 1. The SMILES string of the molecule is CN(Cc1ccc(N2CCC(=O)NC2=O)nn1)C1CCN(c2ccc(C3c4ccc(O)cc4OCC3c3ccccc3)cc2)CC1. The lowest BCUT2D eigenvalue weighted by molar-refractivity contribution is -0.120. The van der Waals surface area contributed by atoms with Gasteiger partial charge in [-0.3, -0.25) is 19.9 Å². The second-order valence-electron chi connectivity index (χ2n) is 12.4. The largest absolute Gasteiger partial charge is 0.508 e. The number of carbonyl (C=O) groups is 2. The molecule has 3 aliphatic heterocycles. The second kappa shape index (κ2) is 12.8. The van der Waals surface area contributed by atoms with Crippen LogP contribution in [0.5, 0.6) is 11.5 Å². The van der Waals surface area contributed by atoms with Gasteiger partial charge in [0, 0.05) is 67.8 Å². The number of rotatable bonds is 7. The van der Waals surface area contributed by atoms with E-state index in [9.17, 15) is 14.7 Å². The number of aromatic nitrogens is 2. The number of ether oxygens (including phenoxy) is 1. The number of amides is 3. The Hall–Kier alpha value is -4.96.